The van der Waals surface area contributed by atoms with Crippen LogP contribution in [0.3, 0.4) is 0 Å². The number of nitrogens with zero attached hydrogens (tertiary/aromatic N) is 1. The second-order valence-electron chi connectivity index (χ2n) is 6.52. The number of rotatable bonds is 4. The van der Waals surface area contributed by atoms with Crippen molar-refractivity contribution < 1.29 is 24.6 Å². The maximum absolute atomic E-state index is 12.6. The molecule has 0 spiro atoms. The van der Waals surface area contributed by atoms with Crippen LogP contribution in [0, 0.1) is 11.3 Å². The van der Waals surface area contributed by atoms with Gasteiger partial charge in [-0.2, -0.15) is 0 Å². The highest BCUT2D eigenvalue weighted by atomic mass is 16.4. The van der Waals surface area contributed by atoms with Crippen molar-refractivity contribution in [2.45, 2.75) is 52.6 Å². The van der Waals surface area contributed by atoms with Crippen LogP contribution in [0.4, 0.5) is 4.79 Å². The van der Waals surface area contributed by atoms with Crippen molar-refractivity contribution in [2.75, 3.05) is 6.54 Å². The molecule has 120 valence electrons. The molecule has 0 bridgehead atoms. The van der Waals surface area contributed by atoms with Crippen LogP contribution in [-0.4, -0.2) is 51.7 Å². The lowest BCUT2D eigenvalue weighted by Gasteiger charge is -2.34. The van der Waals surface area contributed by atoms with Crippen LogP contribution in [0.1, 0.15) is 40.5 Å². The Morgan fingerprint density at radius 2 is 1.86 bits per heavy atom. The Kier molecular flexibility index (Phi) is 5.20. The molecule has 0 radical (unpaired) electrons. The van der Waals surface area contributed by atoms with E-state index in [1.54, 1.807) is 20.8 Å². The van der Waals surface area contributed by atoms with Gasteiger partial charge in [0.15, 0.2) is 0 Å². The van der Waals surface area contributed by atoms with Gasteiger partial charge in [-0.1, -0.05) is 34.1 Å². The first-order valence-corrected chi connectivity index (χ1v) is 7.12. The van der Waals surface area contributed by atoms with E-state index in [0.29, 0.717) is 19.4 Å². The summed E-state index contributed by atoms with van der Waals surface area (Å²) in [7, 11) is 0. The highest BCUT2D eigenvalue weighted by molar-refractivity contribution is 5.90. The summed E-state index contributed by atoms with van der Waals surface area (Å²) in [6.07, 6.45) is 0.0116. The number of carboxylic acids is 1. The molecule has 1 heterocycles. The van der Waals surface area contributed by atoms with E-state index in [4.69, 9.17) is 5.11 Å². The van der Waals surface area contributed by atoms with Crippen molar-refractivity contribution in [1.82, 2.24) is 10.2 Å². The molecule has 1 unspecified atom stereocenters. The van der Waals surface area contributed by atoms with Gasteiger partial charge in [-0.15, -0.1) is 0 Å². The van der Waals surface area contributed by atoms with Gasteiger partial charge in [-0.3, -0.25) is 4.79 Å². The lowest BCUT2D eigenvalue weighted by atomic mass is 9.85. The van der Waals surface area contributed by atoms with Gasteiger partial charge in [0.05, 0.1) is 0 Å². The molecule has 7 heteroatoms. The smallest absolute Gasteiger partial charge is 0.405 e. The van der Waals surface area contributed by atoms with Crippen molar-refractivity contribution in [3.8, 4) is 0 Å². The molecule has 0 aliphatic carbocycles. The fourth-order valence-electron chi connectivity index (χ4n) is 2.80. The number of nitrogens with one attached hydrogen (secondary N) is 1. The van der Waals surface area contributed by atoms with E-state index in [0.717, 1.165) is 0 Å². The molecule has 3 N–H and O–H groups in total. The van der Waals surface area contributed by atoms with Crippen molar-refractivity contribution >= 4 is 18.0 Å². The minimum atomic E-state index is -1.29. The average molecular weight is 300 g/mol. The molecule has 7 nitrogen and oxygen atoms in total. The third kappa shape index (κ3) is 3.86. The lowest BCUT2D eigenvalue weighted by Crippen LogP contribution is -2.57. The summed E-state index contributed by atoms with van der Waals surface area (Å²) in [6, 6.07) is -1.84. The average Bonchev–Trinajstić information content (AvgIpc) is 2.77. The van der Waals surface area contributed by atoms with Gasteiger partial charge in [0.1, 0.15) is 12.1 Å². The molecule has 1 aliphatic rings. The van der Waals surface area contributed by atoms with E-state index in [-0.39, 0.29) is 5.92 Å². The van der Waals surface area contributed by atoms with Gasteiger partial charge in [-0.05, 0) is 17.8 Å². The number of hydrogen-bond donors (Lipinski definition) is 3. The Morgan fingerprint density at radius 1 is 1.29 bits per heavy atom. The van der Waals surface area contributed by atoms with Crippen LogP contribution in [-0.2, 0) is 9.59 Å². The van der Waals surface area contributed by atoms with Gasteiger partial charge in [-0.25, -0.2) is 9.59 Å². The number of aliphatic carboxylic acids is 1. The minimum absolute atomic E-state index is 0.0862. The van der Waals surface area contributed by atoms with E-state index in [1.165, 1.54) is 4.90 Å². The molecule has 1 aliphatic heterocycles. The SMILES string of the molecule is CC[C@@H]1CCN(C(=O)[C@@H](NC(=O)O)C(C)(C)C)C1C(=O)O. The largest absolute Gasteiger partial charge is 0.480 e. The van der Waals surface area contributed by atoms with Crippen LogP contribution >= 0.6 is 0 Å². The summed E-state index contributed by atoms with van der Waals surface area (Å²) in [6.45, 7) is 7.48. The number of carbonyl (C=O) groups is 3. The van der Waals surface area contributed by atoms with Gasteiger partial charge in [0.25, 0.3) is 0 Å². The molecule has 0 aromatic carbocycles. The van der Waals surface area contributed by atoms with Crippen molar-refractivity contribution in [3.63, 3.8) is 0 Å². The molecular formula is C14H24N2O5. The second kappa shape index (κ2) is 6.32. The van der Waals surface area contributed by atoms with Gasteiger partial charge in [0, 0.05) is 6.54 Å². The molecule has 0 aromatic heterocycles. The Hall–Kier alpha value is -1.79. The fraction of sp³-hybridized carbons (Fsp3) is 0.786. The molecule has 1 rings (SSSR count). The van der Waals surface area contributed by atoms with Crippen molar-refractivity contribution in [1.29, 1.82) is 0 Å². The third-order valence-corrected chi connectivity index (χ3v) is 3.96. The molecule has 0 saturated carbocycles. The Labute approximate surface area is 124 Å². The van der Waals surface area contributed by atoms with E-state index < -0.39 is 35.5 Å². The number of carbonyl (C=O) groups excluding carboxylic acids is 1. The molecule has 3 atom stereocenters. The van der Waals surface area contributed by atoms with E-state index in [2.05, 4.69) is 5.32 Å². The maximum Gasteiger partial charge on any atom is 0.405 e. The van der Waals surface area contributed by atoms with Crippen LogP contribution in [0.2, 0.25) is 0 Å². The minimum Gasteiger partial charge on any atom is -0.480 e. The Morgan fingerprint density at radius 3 is 2.24 bits per heavy atom. The number of likely N-dealkylation sites (tertiary alicyclic amines) is 1. The maximum atomic E-state index is 12.6. The monoisotopic (exact) mass is 300 g/mol. The predicted molar refractivity (Wildman–Crippen MR) is 75.9 cm³/mol. The normalized spacial score (nSPS) is 23.7. The van der Waals surface area contributed by atoms with Gasteiger partial charge >= 0.3 is 12.1 Å². The lowest BCUT2D eigenvalue weighted by molar-refractivity contribution is -0.151. The first-order chi connectivity index (χ1) is 9.59. The quantitative estimate of drug-likeness (QED) is 0.727. The van der Waals surface area contributed by atoms with Gasteiger partial charge < -0.3 is 20.4 Å². The molecule has 1 fully saturated rings. The van der Waals surface area contributed by atoms with Gasteiger partial charge in [0.2, 0.25) is 5.91 Å². The van der Waals surface area contributed by atoms with Crippen molar-refractivity contribution in [2.24, 2.45) is 11.3 Å². The number of carboxylic acid groups (broad SMARTS) is 2. The van der Waals surface area contributed by atoms with E-state index in [9.17, 15) is 19.5 Å². The Balaban J connectivity index is 3.03. The predicted octanol–water partition coefficient (Wildman–Crippen LogP) is 1.38. The fourth-order valence-corrected chi connectivity index (χ4v) is 2.80. The molecular weight excluding hydrogens is 276 g/mol. The topological polar surface area (TPSA) is 107 Å². The van der Waals surface area contributed by atoms with Crippen LogP contribution in [0.25, 0.3) is 0 Å². The van der Waals surface area contributed by atoms with E-state index in [1.807, 2.05) is 6.92 Å². The zero-order valence-electron chi connectivity index (χ0n) is 12.9. The molecule has 1 saturated heterocycles. The summed E-state index contributed by atoms with van der Waals surface area (Å²) in [5, 5.41) is 20.5. The van der Waals surface area contributed by atoms with Crippen molar-refractivity contribution in [3.05, 3.63) is 0 Å². The summed E-state index contributed by atoms with van der Waals surface area (Å²) in [5.41, 5.74) is -0.636. The van der Waals surface area contributed by atoms with Crippen LogP contribution in [0.15, 0.2) is 0 Å². The third-order valence-electron chi connectivity index (χ3n) is 3.96. The zero-order valence-corrected chi connectivity index (χ0v) is 12.9. The molecule has 0 aromatic rings. The van der Waals surface area contributed by atoms with Crippen LogP contribution in [0.5, 0.6) is 0 Å². The summed E-state index contributed by atoms with van der Waals surface area (Å²) in [4.78, 5) is 36.3. The first kappa shape index (κ1) is 17.3. The summed E-state index contributed by atoms with van der Waals surface area (Å²) in [5.74, 6) is -1.58. The molecule has 2 amide bonds. The summed E-state index contributed by atoms with van der Waals surface area (Å²) >= 11 is 0. The van der Waals surface area contributed by atoms with E-state index >= 15 is 0 Å². The standard InChI is InChI=1S/C14H24N2O5/c1-5-8-6-7-16(9(8)12(18)19)11(17)10(14(2,3)4)15-13(20)21/h8-10,15H,5-7H2,1-4H3,(H,18,19)(H,20,21)/t8-,9?,10-/m1/s1. The number of amides is 2. The zero-order chi connectivity index (χ0) is 16.4. The first-order valence-electron chi connectivity index (χ1n) is 7.12. The highest BCUT2D eigenvalue weighted by Gasteiger charge is 2.45. The number of hydrogen-bond acceptors (Lipinski definition) is 3. The molecule has 21 heavy (non-hydrogen) atoms. The second-order valence-corrected chi connectivity index (χ2v) is 6.52. The Bertz CT molecular complexity index is 430. The van der Waals surface area contributed by atoms with Crippen LogP contribution < -0.4 is 5.32 Å². The highest BCUT2D eigenvalue weighted by Crippen LogP contribution is 2.30. The summed E-state index contributed by atoms with van der Waals surface area (Å²) < 4.78 is 0.